The number of benzene rings is 2. The molecule has 3 N–H and O–H groups in total. The minimum absolute atomic E-state index is 0.0204. The SMILES string of the molecule is CC(C)(C)c1cc(CC(=O)Nc2cc(Br)cc(Br)c2O)cc(C(C)(C)C)c1O. The normalized spacial score (nSPS) is 12.1. The first-order chi connectivity index (χ1) is 12.7. The van der Waals surface area contributed by atoms with Crippen molar-refractivity contribution >= 4 is 43.5 Å². The van der Waals surface area contributed by atoms with Gasteiger partial charge in [-0.2, -0.15) is 0 Å². The van der Waals surface area contributed by atoms with Crippen LogP contribution in [0.5, 0.6) is 11.5 Å². The van der Waals surface area contributed by atoms with Crippen molar-refractivity contribution in [1.29, 1.82) is 0 Å². The standard InChI is InChI=1S/C22H27Br2NO3/c1-21(2,3)14-7-12(8-15(19(14)27)22(4,5)6)9-18(26)25-17-11-13(23)10-16(24)20(17)28/h7-8,10-11,27-28H,9H2,1-6H3,(H,25,26). The number of hydrogen-bond donors (Lipinski definition) is 3. The van der Waals surface area contributed by atoms with Gasteiger partial charge < -0.3 is 15.5 Å². The van der Waals surface area contributed by atoms with E-state index in [1.807, 2.05) is 53.7 Å². The third-order valence-electron chi connectivity index (χ3n) is 4.45. The zero-order valence-corrected chi connectivity index (χ0v) is 20.2. The van der Waals surface area contributed by atoms with Crippen molar-refractivity contribution in [3.8, 4) is 11.5 Å². The molecule has 2 rings (SSSR count). The van der Waals surface area contributed by atoms with E-state index in [0.717, 1.165) is 21.2 Å². The van der Waals surface area contributed by atoms with E-state index in [9.17, 15) is 15.0 Å². The Morgan fingerprint density at radius 2 is 1.39 bits per heavy atom. The molecule has 0 radical (unpaired) electrons. The predicted octanol–water partition coefficient (Wildman–Crippen LogP) is 6.40. The summed E-state index contributed by atoms with van der Waals surface area (Å²) in [5, 5.41) is 23.7. The van der Waals surface area contributed by atoms with Crippen LogP contribution in [-0.4, -0.2) is 16.1 Å². The number of phenolic OH excluding ortho intramolecular Hbond substituents is 2. The zero-order valence-electron chi connectivity index (χ0n) is 17.1. The third-order valence-corrected chi connectivity index (χ3v) is 5.52. The van der Waals surface area contributed by atoms with E-state index in [1.165, 1.54) is 0 Å². The summed E-state index contributed by atoms with van der Waals surface area (Å²) in [6.45, 7) is 12.2. The maximum Gasteiger partial charge on any atom is 0.228 e. The number of nitrogens with one attached hydrogen (secondary N) is 1. The molecule has 0 heterocycles. The first kappa shape index (κ1) is 22.8. The van der Waals surface area contributed by atoms with E-state index in [4.69, 9.17) is 0 Å². The number of anilines is 1. The van der Waals surface area contributed by atoms with Crippen LogP contribution in [0.4, 0.5) is 5.69 Å². The number of carbonyl (C=O) groups is 1. The van der Waals surface area contributed by atoms with E-state index < -0.39 is 0 Å². The van der Waals surface area contributed by atoms with E-state index >= 15 is 0 Å². The molecule has 2 aromatic rings. The van der Waals surface area contributed by atoms with E-state index in [0.29, 0.717) is 10.2 Å². The van der Waals surface area contributed by atoms with Crippen molar-refractivity contribution in [3.63, 3.8) is 0 Å². The van der Waals surface area contributed by atoms with Gasteiger partial charge in [0.1, 0.15) is 5.75 Å². The van der Waals surface area contributed by atoms with Gasteiger partial charge in [-0.15, -0.1) is 0 Å². The van der Waals surface area contributed by atoms with E-state index in [-0.39, 0.29) is 34.7 Å². The van der Waals surface area contributed by atoms with E-state index in [1.54, 1.807) is 12.1 Å². The molecule has 2 aromatic carbocycles. The lowest BCUT2D eigenvalue weighted by molar-refractivity contribution is -0.115. The van der Waals surface area contributed by atoms with Crippen molar-refractivity contribution in [2.75, 3.05) is 5.32 Å². The highest BCUT2D eigenvalue weighted by atomic mass is 79.9. The van der Waals surface area contributed by atoms with Gasteiger partial charge in [-0.1, -0.05) is 69.6 Å². The lowest BCUT2D eigenvalue weighted by Crippen LogP contribution is -2.20. The second kappa shape index (κ2) is 8.07. The summed E-state index contributed by atoms with van der Waals surface area (Å²) in [7, 11) is 0. The average molecular weight is 513 g/mol. The van der Waals surface area contributed by atoms with Gasteiger partial charge >= 0.3 is 0 Å². The van der Waals surface area contributed by atoms with Crippen LogP contribution in [0.2, 0.25) is 0 Å². The summed E-state index contributed by atoms with van der Waals surface area (Å²) in [4.78, 5) is 12.6. The van der Waals surface area contributed by atoms with Gasteiger partial charge in [0.25, 0.3) is 0 Å². The zero-order chi connectivity index (χ0) is 21.4. The minimum Gasteiger partial charge on any atom is -0.507 e. The monoisotopic (exact) mass is 511 g/mol. The quantitative estimate of drug-likeness (QED) is 0.417. The van der Waals surface area contributed by atoms with Crippen molar-refractivity contribution in [2.24, 2.45) is 0 Å². The Morgan fingerprint density at radius 1 is 0.893 bits per heavy atom. The van der Waals surface area contributed by atoms with Crippen LogP contribution in [0.15, 0.2) is 33.2 Å². The molecule has 1 amide bonds. The molecule has 0 spiro atoms. The number of aromatic hydroxyl groups is 2. The molecule has 28 heavy (non-hydrogen) atoms. The Balaban J connectivity index is 2.39. The molecule has 6 heteroatoms. The van der Waals surface area contributed by atoms with Gasteiger partial charge in [-0.25, -0.2) is 0 Å². The fourth-order valence-corrected chi connectivity index (χ4v) is 4.21. The molecular formula is C22H27Br2NO3. The number of amides is 1. The van der Waals surface area contributed by atoms with Crippen LogP contribution in [0.3, 0.4) is 0 Å². The highest BCUT2D eigenvalue weighted by Crippen LogP contribution is 2.40. The van der Waals surface area contributed by atoms with Crippen molar-refractivity contribution < 1.29 is 15.0 Å². The fraction of sp³-hybridized carbons (Fsp3) is 0.409. The molecule has 0 aliphatic rings. The van der Waals surface area contributed by atoms with Crippen LogP contribution in [0.25, 0.3) is 0 Å². The molecule has 0 aromatic heterocycles. The van der Waals surface area contributed by atoms with Crippen LogP contribution in [0, 0.1) is 0 Å². The van der Waals surface area contributed by atoms with Gasteiger partial charge in [0.05, 0.1) is 16.6 Å². The molecular weight excluding hydrogens is 486 g/mol. The molecule has 152 valence electrons. The molecule has 0 unspecified atom stereocenters. The second-order valence-corrected chi connectivity index (χ2v) is 10.8. The Morgan fingerprint density at radius 3 is 1.86 bits per heavy atom. The first-order valence-corrected chi connectivity index (χ1v) is 10.6. The molecule has 0 aliphatic heterocycles. The van der Waals surface area contributed by atoms with Gasteiger partial charge in [0.15, 0.2) is 5.75 Å². The summed E-state index contributed by atoms with van der Waals surface area (Å²) < 4.78 is 1.23. The van der Waals surface area contributed by atoms with Gasteiger partial charge in [-0.3, -0.25) is 4.79 Å². The summed E-state index contributed by atoms with van der Waals surface area (Å²) >= 11 is 6.62. The van der Waals surface area contributed by atoms with Crippen LogP contribution >= 0.6 is 31.9 Å². The maximum atomic E-state index is 12.6. The first-order valence-electron chi connectivity index (χ1n) is 9.05. The maximum absolute atomic E-state index is 12.6. The molecule has 0 aliphatic carbocycles. The Bertz CT molecular complexity index is 874. The Kier molecular flexibility index (Phi) is 6.56. The Labute approximate surface area is 183 Å². The number of phenols is 2. The molecule has 0 saturated heterocycles. The largest absolute Gasteiger partial charge is 0.507 e. The smallest absolute Gasteiger partial charge is 0.228 e. The van der Waals surface area contributed by atoms with Crippen molar-refractivity contribution in [2.45, 2.75) is 58.8 Å². The lowest BCUT2D eigenvalue weighted by Gasteiger charge is -2.28. The summed E-state index contributed by atoms with van der Waals surface area (Å²) in [5.41, 5.74) is 2.26. The number of rotatable bonds is 3. The average Bonchev–Trinajstić information content (AvgIpc) is 2.51. The topological polar surface area (TPSA) is 69.6 Å². The highest BCUT2D eigenvalue weighted by Gasteiger charge is 2.27. The van der Waals surface area contributed by atoms with Gasteiger partial charge in [0, 0.05) is 4.47 Å². The Hall–Kier alpha value is -1.53. The van der Waals surface area contributed by atoms with Crippen LogP contribution < -0.4 is 5.32 Å². The third kappa shape index (κ3) is 5.29. The summed E-state index contributed by atoms with van der Waals surface area (Å²) in [5.74, 6) is 0.0245. The fourth-order valence-electron chi connectivity index (χ4n) is 2.98. The van der Waals surface area contributed by atoms with Crippen LogP contribution in [-0.2, 0) is 22.0 Å². The lowest BCUT2D eigenvalue weighted by atomic mass is 9.78. The highest BCUT2D eigenvalue weighted by molar-refractivity contribution is 9.11. The molecule has 0 saturated carbocycles. The van der Waals surface area contributed by atoms with Gasteiger partial charge in [-0.05, 0) is 55.6 Å². The van der Waals surface area contributed by atoms with Crippen molar-refractivity contribution in [1.82, 2.24) is 0 Å². The minimum atomic E-state index is -0.260. The predicted molar refractivity (Wildman–Crippen MR) is 121 cm³/mol. The molecule has 4 nitrogen and oxygen atoms in total. The second-order valence-electron chi connectivity index (χ2n) is 9.05. The molecule has 0 atom stereocenters. The van der Waals surface area contributed by atoms with Crippen LogP contribution in [0.1, 0.15) is 58.2 Å². The summed E-state index contributed by atoms with van der Waals surface area (Å²) in [6, 6.07) is 7.13. The number of hydrogen-bond acceptors (Lipinski definition) is 3. The molecule has 0 fully saturated rings. The number of halogens is 2. The molecule has 0 bridgehead atoms. The van der Waals surface area contributed by atoms with Gasteiger partial charge in [0.2, 0.25) is 5.91 Å². The summed E-state index contributed by atoms with van der Waals surface area (Å²) in [6.07, 6.45) is 0.135. The number of carbonyl (C=O) groups excluding carboxylic acids is 1. The van der Waals surface area contributed by atoms with E-state index in [2.05, 4.69) is 37.2 Å². The van der Waals surface area contributed by atoms with Crippen molar-refractivity contribution in [3.05, 3.63) is 49.9 Å².